The number of amides is 2. The monoisotopic (exact) mass is 550 g/mol. The number of carbonyl (C=O) groups is 2. The Bertz CT molecular complexity index is 1300. The molecule has 3 N–H and O–H groups in total. The number of sulfonamides is 1. The number of hydrogen-bond donors (Lipinski definition) is 3. The van der Waals surface area contributed by atoms with Crippen LogP contribution in [-0.2, 0) is 19.6 Å². The second kappa shape index (κ2) is 10.6. The minimum absolute atomic E-state index is 0.0213. The molecule has 1 saturated heterocycles. The number of aromatic nitrogens is 3. The lowest BCUT2D eigenvalue weighted by Crippen LogP contribution is -2.51. The summed E-state index contributed by atoms with van der Waals surface area (Å²) in [6.45, 7) is 7.01. The normalized spacial score (nSPS) is 20.8. The molecule has 38 heavy (non-hydrogen) atoms. The third kappa shape index (κ3) is 6.49. The average Bonchev–Trinajstić information content (AvgIpc) is 3.42. The molecule has 2 amide bonds. The van der Waals surface area contributed by atoms with E-state index in [-0.39, 0.29) is 31.1 Å². The first-order chi connectivity index (χ1) is 17.7. The Hall–Kier alpha value is -3.06. The fourth-order valence-corrected chi connectivity index (χ4v) is 5.60. The van der Waals surface area contributed by atoms with Crippen molar-refractivity contribution < 1.29 is 27.5 Å². The fraction of sp³-hybridized carbons (Fsp3) is 0.600. The molecule has 0 radical (unpaired) electrons. The van der Waals surface area contributed by atoms with Gasteiger partial charge in [0.25, 0.3) is 0 Å². The number of likely N-dealkylation sites (tertiary alicyclic amines) is 1. The van der Waals surface area contributed by atoms with Gasteiger partial charge in [0.2, 0.25) is 21.8 Å². The van der Waals surface area contributed by atoms with Gasteiger partial charge in [0, 0.05) is 31.6 Å². The van der Waals surface area contributed by atoms with Crippen LogP contribution in [0.25, 0.3) is 0 Å². The molecule has 1 saturated carbocycles. The van der Waals surface area contributed by atoms with Crippen molar-refractivity contribution in [3.8, 4) is 0 Å². The minimum Gasteiger partial charge on any atom is -0.391 e. The third-order valence-corrected chi connectivity index (χ3v) is 8.11. The van der Waals surface area contributed by atoms with Crippen molar-refractivity contribution in [3.05, 3.63) is 41.5 Å². The van der Waals surface area contributed by atoms with Gasteiger partial charge in [0.05, 0.1) is 23.2 Å². The van der Waals surface area contributed by atoms with Crippen LogP contribution in [0.15, 0.2) is 24.4 Å². The third-order valence-electron chi connectivity index (χ3n) is 6.82. The van der Waals surface area contributed by atoms with E-state index in [1.807, 2.05) is 20.8 Å². The SMILES string of the molecule is Cc1ccc(NS(=O)(=O)CCNC(=O)[C@@H]2C[C@@H](O)CN2C(=O)[C@@H](n2cc(C3CC3)nn2)C(C)(C)C)cc1F. The number of aryl methyl sites for hydroxylation is 1. The number of β-amino-alcohol motifs (C(OH)–C–C–N with tert-alkyl or cyclic N) is 1. The van der Waals surface area contributed by atoms with Gasteiger partial charge in [-0.3, -0.25) is 14.3 Å². The number of halogens is 1. The summed E-state index contributed by atoms with van der Waals surface area (Å²) >= 11 is 0. The van der Waals surface area contributed by atoms with Crippen molar-refractivity contribution in [2.75, 3.05) is 23.6 Å². The van der Waals surface area contributed by atoms with E-state index in [9.17, 15) is 27.5 Å². The molecule has 4 rings (SSSR count). The first-order valence-corrected chi connectivity index (χ1v) is 14.3. The van der Waals surface area contributed by atoms with Crippen molar-refractivity contribution >= 4 is 27.5 Å². The van der Waals surface area contributed by atoms with Gasteiger partial charge in [-0.1, -0.05) is 32.1 Å². The second-order valence-electron chi connectivity index (χ2n) is 11.2. The minimum atomic E-state index is -3.87. The van der Waals surface area contributed by atoms with E-state index >= 15 is 0 Å². The molecule has 13 heteroatoms. The van der Waals surface area contributed by atoms with E-state index in [2.05, 4.69) is 20.4 Å². The predicted octanol–water partition coefficient (Wildman–Crippen LogP) is 1.71. The highest BCUT2D eigenvalue weighted by molar-refractivity contribution is 7.92. The second-order valence-corrected chi connectivity index (χ2v) is 13.1. The Morgan fingerprint density at radius 2 is 1.97 bits per heavy atom. The number of aliphatic hydroxyl groups excluding tert-OH is 1. The number of nitrogens with zero attached hydrogens (tertiary/aromatic N) is 4. The first-order valence-electron chi connectivity index (χ1n) is 12.7. The molecule has 2 aromatic rings. The number of nitrogens with one attached hydrogen (secondary N) is 2. The van der Waals surface area contributed by atoms with Crippen molar-refractivity contribution in [1.29, 1.82) is 0 Å². The van der Waals surface area contributed by atoms with E-state index in [1.165, 1.54) is 17.0 Å². The summed E-state index contributed by atoms with van der Waals surface area (Å²) in [6, 6.07) is 2.29. The quantitative estimate of drug-likeness (QED) is 0.431. The molecule has 1 aromatic carbocycles. The van der Waals surface area contributed by atoms with E-state index in [0.717, 1.165) is 24.6 Å². The summed E-state index contributed by atoms with van der Waals surface area (Å²) in [7, 11) is -3.87. The molecular formula is C25H35FN6O5S. The summed E-state index contributed by atoms with van der Waals surface area (Å²) in [4.78, 5) is 28.1. The molecule has 0 bridgehead atoms. The lowest BCUT2D eigenvalue weighted by atomic mass is 9.85. The highest BCUT2D eigenvalue weighted by Crippen LogP contribution is 2.40. The molecule has 0 unspecified atom stereocenters. The molecule has 1 aromatic heterocycles. The number of rotatable bonds is 9. The Kier molecular flexibility index (Phi) is 7.80. The molecule has 1 aliphatic carbocycles. The highest BCUT2D eigenvalue weighted by Gasteiger charge is 2.45. The van der Waals surface area contributed by atoms with Crippen LogP contribution in [0.1, 0.15) is 63.3 Å². The topological polar surface area (TPSA) is 147 Å². The lowest BCUT2D eigenvalue weighted by Gasteiger charge is -2.34. The highest BCUT2D eigenvalue weighted by atomic mass is 32.2. The molecule has 2 aliphatic rings. The zero-order valence-corrected chi connectivity index (χ0v) is 22.8. The smallest absolute Gasteiger partial charge is 0.248 e. The van der Waals surface area contributed by atoms with Crippen LogP contribution in [0.4, 0.5) is 10.1 Å². The largest absolute Gasteiger partial charge is 0.391 e. The number of aliphatic hydroxyl groups is 1. The molecular weight excluding hydrogens is 515 g/mol. The van der Waals surface area contributed by atoms with Crippen molar-refractivity contribution in [2.24, 2.45) is 5.41 Å². The maximum absolute atomic E-state index is 13.7. The summed E-state index contributed by atoms with van der Waals surface area (Å²) in [5.74, 6) is -1.55. The van der Waals surface area contributed by atoms with Crippen molar-refractivity contribution in [1.82, 2.24) is 25.2 Å². The zero-order chi connectivity index (χ0) is 27.8. The molecule has 3 atom stereocenters. The Morgan fingerprint density at radius 3 is 2.61 bits per heavy atom. The van der Waals surface area contributed by atoms with Gasteiger partial charge in [-0.15, -0.1) is 5.10 Å². The van der Waals surface area contributed by atoms with E-state index < -0.39 is 51.1 Å². The summed E-state index contributed by atoms with van der Waals surface area (Å²) < 4.78 is 42.4. The van der Waals surface area contributed by atoms with Crippen LogP contribution in [0.5, 0.6) is 0 Å². The number of benzene rings is 1. The maximum Gasteiger partial charge on any atom is 0.248 e. The van der Waals surface area contributed by atoms with Crippen LogP contribution < -0.4 is 10.0 Å². The van der Waals surface area contributed by atoms with Gasteiger partial charge in [-0.2, -0.15) is 0 Å². The van der Waals surface area contributed by atoms with Gasteiger partial charge in [0.1, 0.15) is 17.9 Å². The predicted molar refractivity (Wildman–Crippen MR) is 138 cm³/mol. The number of hydrogen-bond acceptors (Lipinski definition) is 7. The summed E-state index contributed by atoms with van der Waals surface area (Å²) in [6.07, 6.45) is 3.01. The van der Waals surface area contributed by atoms with Gasteiger partial charge < -0.3 is 15.3 Å². The van der Waals surface area contributed by atoms with Crippen LogP contribution in [-0.4, -0.2) is 76.2 Å². The first kappa shape index (κ1) is 28.0. The number of carbonyl (C=O) groups excluding carboxylic acids is 2. The average molecular weight is 551 g/mol. The van der Waals surface area contributed by atoms with Crippen LogP contribution in [0.3, 0.4) is 0 Å². The van der Waals surface area contributed by atoms with Crippen LogP contribution in [0.2, 0.25) is 0 Å². The zero-order valence-electron chi connectivity index (χ0n) is 22.0. The molecule has 1 aliphatic heterocycles. The summed E-state index contributed by atoms with van der Waals surface area (Å²) in [5.41, 5.74) is 0.751. The Morgan fingerprint density at radius 1 is 1.26 bits per heavy atom. The van der Waals surface area contributed by atoms with Crippen LogP contribution in [0, 0.1) is 18.2 Å². The standard InChI is InChI=1S/C25H35FN6O5S/c1-15-5-8-17(11-19(15)26)29-38(36,37)10-9-27-23(34)21-12-18(33)13-31(21)24(35)22(25(2,3)4)32-14-20(28-30-32)16-6-7-16/h5,8,11,14,16,18,21-22,29,33H,6-7,9-10,12-13H2,1-4H3,(H,27,34)/t18-,21+,22-/m1/s1. The molecule has 2 fully saturated rings. The van der Waals surface area contributed by atoms with Gasteiger partial charge in [-0.05, 0) is 42.9 Å². The van der Waals surface area contributed by atoms with Gasteiger partial charge >= 0.3 is 0 Å². The van der Waals surface area contributed by atoms with E-state index in [0.29, 0.717) is 11.5 Å². The van der Waals surface area contributed by atoms with Gasteiger partial charge in [0.15, 0.2) is 0 Å². The molecule has 11 nitrogen and oxygen atoms in total. The molecule has 208 valence electrons. The van der Waals surface area contributed by atoms with Crippen molar-refractivity contribution in [3.63, 3.8) is 0 Å². The number of anilines is 1. The van der Waals surface area contributed by atoms with E-state index in [4.69, 9.17) is 0 Å². The summed E-state index contributed by atoms with van der Waals surface area (Å²) in [5, 5.41) is 21.3. The lowest BCUT2D eigenvalue weighted by molar-refractivity contribution is -0.144. The molecule has 0 spiro atoms. The fourth-order valence-electron chi connectivity index (χ4n) is 4.64. The van der Waals surface area contributed by atoms with Gasteiger partial charge in [-0.25, -0.2) is 17.5 Å². The van der Waals surface area contributed by atoms with Crippen molar-refractivity contribution in [2.45, 2.75) is 71.1 Å². The van der Waals surface area contributed by atoms with E-state index in [1.54, 1.807) is 17.8 Å². The maximum atomic E-state index is 13.7. The van der Waals surface area contributed by atoms with Crippen LogP contribution >= 0.6 is 0 Å². The Labute approximate surface area is 221 Å². The molecule has 2 heterocycles. The Balaban J connectivity index is 1.41.